The average molecular weight is 370 g/mol. The summed E-state index contributed by atoms with van der Waals surface area (Å²) in [5.41, 5.74) is 1.82. The van der Waals surface area contributed by atoms with E-state index in [0.717, 1.165) is 27.3 Å². The van der Waals surface area contributed by atoms with Gasteiger partial charge in [0.2, 0.25) is 0 Å². The molecule has 1 atom stereocenters. The fourth-order valence-corrected chi connectivity index (χ4v) is 3.99. The Kier molecular flexibility index (Phi) is 5.18. The van der Waals surface area contributed by atoms with Gasteiger partial charge in [-0.25, -0.2) is 14.8 Å². The Morgan fingerprint density at radius 3 is 2.73 bits per heavy atom. The molecule has 0 fully saturated rings. The molecule has 0 spiro atoms. The highest BCUT2D eigenvalue weighted by Gasteiger charge is 2.24. The molecule has 0 radical (unpaired) electrons. The van der Waals surface area contributed by atoms with Crippen LogP contribution >= 0.6 is 11.3 Å². The van der Waals surface area contributed by atoms with Crippen molar-refractivity contribution in [1.82, 2.24) is 15.0 Å². The second-order valence-corrected chi connectivity index (χ2v) is 7.09. The summed E-state index contributed by atoms with van der Waals surface area (Å²) in [5.74, 6) is 1.16. The molecule has 1 unspecified atom stereocenters. The Bertz CT molecular complexity index is 940. The Hall–Kier alpha value is -2.54. The lowest BCUT2D eigenvalue weighted by molar-refractivity contribution is 0.0531. The lowest BCUT2D eigenvalue weighted by Gasteiger charge is -2.26. The van der Waals surface area contributed by atoms with Crippen molar-refractivity contribution >= 4 is 33.3 Å². The van der Waals surface area contributed by atoms with Crippen molar-refractivity contribution in [2.24, 2.45) is 0 Å². The van der Waals surface area contributed by atoms with Crippen LogP contribution in [0.15, 0.2) is 24.4 Å². The third kappa shape index (κ3) is 3.26. The second-order valence-electron chi connectivity index (χ2n) is 6.09. The molecule has 136 valence electrons. The molecule has 0 aliphatic carbocycles. The zero-order valence-corrected chi connectivity index (χ0v) is 16.4. The van der Waals surface area contributed by atoms with Crippen molar-refractivity contribution in [3.05, 3.63) is 46.4 Å². The topological polar surface area (TPSA) is 68.2 Å². The van der Waals surface area contributed by atoms with E-state index in [4.69, 9.17) is 4.74 Å². The van der Waals surface area contributed by atoms with Crippen LogP contribution in [0.4, 0.5) is 5.82 Å². The third-order valence-corrected chi connectivity index (χ3v) is 5.54. The van der Waals surface area contributed by atoms with Gasteiger partial charge >= 0.3 is 5.97 Å². The van der Waals surface area contributed by atoms with Gasteiger partial charge in [0.05, 0.1) is 23.7 Å². The number of carbonyl (C=O) groups is 1. The van der Waals surface area contributed by atoms with Gasteiger partial charge in [0.15, 0.2) is 0 Å². The van der Waals surface area contributed by atoms with Gasteiger partial charge in [0.1, 0.15) is 21.3 Å². The van der Waals surface area contributed by atoms with Gasteiger partial charge in [-0.2, -0.15) is 0 Å². The van der Waals surface area contributed by atoms with E-state index in [1.165, 1.54) is 11.3 Å². The highest BCUT2D eigenvalue weighted by Crippen LogP contribution is 2.37. The Morgan fingerprint density at radius 2 is 2.08 bits per heavy atom. The van der Waals surface area contributed by atoms with Gasteiger partial charge in [-0.15, -0.1) is 11.3 Å². The number of rotatable bonds is 5. The second kappa shape index (κ2) is 7.37. The van der Waals surface area contributed by atoms with Crippen molar-refractivity contribution in [2.45, 2.75) is 33.7 Å². The summed E-state index contributed by atoms with van der Waals surface area (Å²) < 4.78 is 5.19. The first-order chi connectivity index (χ1) is 12.4. The summed E-state index contributed by atoms with van der Waals surface area (Å²) >= 11 is 1.36. The van der Waals surface area contributed by atoms with Crippen LogP contribution in [-0.2, 0) is 4.74 Å². The molecule has 7 heteroatoms. The van der Waals surface area contributed by atoms with Gasteiger partial charge in [-0.3, -0.25) is 4.98 Å². The van der Waals surface area contributed by atoms with Crippen LogP contribution in [0.1, 0.15) is 46.6 Å². The lowest BCUT2D eigenvalue weighted by atomic mass is 10.1. The van der Waals surface area contributed by atoms with Crippen molar-refractivity contribution in [3.63, 3.8) is 0 Å². The van der Waals surface area contributed by atoms with Crippen molar-refractivity contribution in [3.8, 4) is 0 Å². The summed E-state index contributed by atoms with van der Waals surface area (Å²) in [5, 5.41) is 0.897. The molecule has 3 rings (SSSR count). The largest absolute Gasteiger partial charge is 0.462 e. The first-order valence-electron chi connectivity index (χ1n) is 8.52. The predicted octanol–water partition coefficient (Wildman–Crippen LogP) is 4.08. The Labute approximate surface area is 156 Å². The van der Waals surface area contributed by atoms with E-state index in [0.29, 0.717) is 17.3 Å². The fraction of sp³-hybridized carbons (Fsp3) is 0.368. The Morgan fingerprint density at radius 1 is 1.31 bits per heavy atom. The molecule has 3 heterocycles. The average Bonchev–Trinajstić information content (AvgIpc) is 2.97. The first kappa shape index (κ1) is 18.3. The third-order valence-electron chi connectivity index (χ3n) is 4.37. The minimum atomic E-state index is -0.308. The van der Waals surface area contributed by atoms with Crippen LogP contribution in [0.25, 0.3) is 10.2 Å². The standard InChI is InChI=1S/C19H22N4O2S/c1-6-25-19(24)16-11(2)15-17(21-13(4)22-18(15)26-16)23(5)12(3)14-9-7-8-10-20-14/h7-10,12H,6H2,1-5H3. The maximum atomic E-state index is 12.3. The molecule has 0 aromatic carbocycles. The summed E-state index contributed by atoms with van der Waals surface area (Å²) in [6, 6.07) is 5.90. The van der Waals surface area contributed by atoms with E-state index < -0.39 is 0 Å². The molecule has 0 aliphatic heterocycles. The number of aryl methyl sites for hydroxylation is 2. The minimum Gasteiger partial charge on any atom is -0.462 e. The van der Waals surface area contributed by atoms with E-state index in [1.807, 2.05) is 39.1 Å². The minimum absolute atomic E-state index is 0.0269. The quantitative estimate of drug-likeness (QED) is 0.631. The van der Waals surface area contributed by atoms with E-state index in [1.54, 1.807) is 13.1 Å². The van der Waals surface area contributed by atoms with Gasteiger partial charge in [-0.05, 0) is 45.4 Å². The number of esters is 1. The van der Waals surface area contributed by atoms with Crippen molar-refractivity contribution in [1.29, 1.82) is 0 Å². The molecule has 6 nitrogen and oxygen atoms in total. The van der Waals surface area contributed by atoms with Gasteiger partial charge < -0.3 is 9.64 Å². The summed E-state index contributed by atoms with van der Waals surface area (Å²) in [6.07, 6.45) is 1.79. The highest BCUT2D eigenvalue weighted by atomic mass is 32.1. The van der Waals surface area contributed by atoms with Crippen LogP contribution in [0.3, 0.4) is 0 Å². The highest BCUT2D eigenvalue weighted by molar-refractivity contribution is 7.20. The molecule has 0 saturated heterocycles. The van der Waals surface area contributed by atoms with Gasteiger partial charge in [-0.1, -0.05) is 6.07 Å². The molecule has 0 N–H and O–H groups in total. The number of hydrogen-bond acceptors (Lipinski definition) is 7. The molecule has 0 saturated carbocycles. The van der Waals surface area contributed by atoms with Crippen LogP contribution in [0, 0.1) is 13.8 Å². The molecule has 0 aliphatic rings. The first-order valence-corrected chi connectivity index (χ1v) is 9.34. The fourth-order valence-electron chi connectivity index (χ4n) is 2.87. The molecular formula is C19H22N4O2S. The van der Waals surface area contributed by atoms with E-state index >= 15 is 0 Å². The number of ether oxygens (including phenoxy) is 1. The number of aromatic nitrogens is 3. The molecule has 3 aromatic rings. The van der Waals surface area contributed by atoms with Crippen molar-refractivity contribution < 1.29 is 9.53 Å². The number of thiophene rings is 1. The SMILES string of the molecule is CCOC(=O)c1sc2nc(C)nc(N(C)C(C)c3ccccn3)c2c1C. The summed E-state index contributed by atoms with van der Waals surface area (Å²) in [4.78, 5) is 29.4. The smallest absolute Gasteiger partial charge is 0.348 e. The van der Waals surface area contributed by atoms with Crippen molar-refractivity contribution in [2.75, 3.05) is 18.6 Å². The molecule has 0 bridgehead atoms. The molecule has 0 amide bonds. The van der Waals surface area contributed by atoms with Crippen LogP contribution in [-0.4, -0.2) is 34.6 Å². The van der Waals surface area contributed by atoms with Gasteiger partial charge in [0, 0.05) is 13.2 Å². The number of carbonyl (C=O) groups excluding carboxylic acids is 1. The van der Waals surface area contributed by atoms with Crippen LogP contribution in [0.5, 0.6) is 0 Å². The number of hydrogen-bond donors (Lipinski definition) is 0. The number of fused-ring (bicyclic) bond motifs is 1. The lowest BCUT2D eigenvalue weighted by Crippen LogP contribution is -2.24. The Balaban J connectivity index is 2.11. The van der Waals surface area contributed by atoms with Crippen LogP contribution < -0.4 is 4.90 Å². The molecular weight excluding hydrogens is 348 g/mol. The summed E-state index contributed by atoms with van der Waals surface area (Å²) in [6.45, 7) is 8.02. The normalized spacial score (nSPS) is 12.2. The molecule has 26 heavy (non-hydrogen) atoms. The zero-order chi connectivity index (χ0) is 18.8. The van der Waals surface area contributed by atoms with Gasteiger partial charge in [0.25, 0.3) is 0 Å². The monoisotopic (exact) mass is 370 g/mol. The number of anilines is 1. The van der Waals surface area contributed by atoms with E-state index in [2.05, 4.69) is 26.8 Å². The maximum absolute atomic E-state index is 12.3. The predicted molar refractivity (Wildman–Crippen MR) is 104 cm³/mol. The molecule has 3 aromatic heterocycles. The van der Waals surface area contributed by atoms with E-state index in [-0.39, 0.29) is 12.0 Å². The maximum Gasteiger partial charge on any atom is 0.348 e. The van der Waals surface area contributed by atoms with E-state index in [9.17, 15) is 4.79 Å². The van der Waals surface area contributed by atoms with Crippen LogP contribution in [0.2, 0.25) is 0 Å². The number of pyridine rings is 1. The number of nitrogens with zero attached hydrogens (tertiary/aromatic N) is 4. The summed E-state index contributed by atoms with van der Waals surface area (Å²) in [7, 11) is 1.99. The zero-order valence-electron chi connectivity index (χ0n) is 15.6.